The molecule has 0 aliphatic carbocycles. The summed E-state index contributed by atoms with van der Waals surface area (Å²) in [6.07, 6.45) is 3.24. The van der Waals surface area contributed by atoms with Crippen LogP contribution in [0.4, 0.5) is 5.82 Å². The summed E-state index contributed by atoms with van der Waals surface area (Å²) in [6, 6.07) is 17.3. The Bertz CT molecular complexity index is 957. The van der Waals surface area contributed by atoms with Gasteiger partial charge in [-0.05, 0) is 18.2 Å². The van der Waals surface area contributed by atoms with Crippen molar-refractivity contribution in [3.05, 3.63) is 66.0 Å². The Morgan fingerprint density at radius 1 is 0.958 bits per heavy atom. The van der Waals surface area contributed by atoms with Crippen molar-refractivity contribution < 1.29 is 0 Å². The van der Waals surface area contributed by atoms with Crippen molar-refractivity contribution in [1.29, 1.82) is 10.5 Å². The second-order valence-corrected chi connectivity index (χ2v) is 5.87. The van der Waals surface area contributed by atoms with Crippen LogP contribution in [-0.2, 0) is 0 Å². The van der Waals surface area contributed by atoms with E-state index in [1.807, 2.05) is 30.3 Å². The molecule has 0 amide bonds. The molecule has 0 spiro atoms. The molecule has 1 aromatic carbocycles. The van der Waals surface area contributed by atoms with Crippen LogP contribution in [-0.4, -0.2) is 9.97 Å². The summed E-state index contributed by atoms with van der Waals surface area (Å²) in [5.74, 6) is 0.105. The van der Waals surface area contributed by atoms with Crippen molar-refractivity contribution in [2.45, 2.75) is 9.92 Å². The molecule has 2 N–H and O–H groups in total. The van der Waals surface area contributed by atoms with Gasteiger partial charge in [-0.3, -0.25) is 4.98 Å². The van der Waals surface area contributed by atoms with Gasteiger partial charge in [-0.25, -0.2) is 4.98 Å². The zero-order valence-corrected chi connectivity index (χ0v) is 13.3. The molecule has 24 heavy (non-hydrogen) atoms. The molecule has 3 aromatic rings. The van der Waals surface area contributed by atoms with E-state index in [2.05, 4.69) is 22.1 Å². The molecule has 0 radical (unpaired) electrons. The average Bonchev–Trinajstić information content (AvgIpc) is 2.63. The quantitative estimate of drug-likeness (QED) is 0.788. The van der Waals surface area contributed by atoms with Crippen LogP contribution in [0.15, 0.2) is 64.8 Å². The molecule has 0 unspecified atom stereocenters. The van der Waals surface area contributed by atoms with Gasteiger partial charge in [0.25, 0.3) is 0 Å². The van der Waals surface area contributed by atoms with Gasteiger partial charge in [0.15, 0.2) is 0 Å². The molecule has 5 nitrogen and oxygen atoms in total. The highest BCUT2D eigenvalue weighted by Crippen LogP contribution is 2.37. The minimum Gasteiger partial charge on any atom is -0.383 e. The Hall–Kier alpha value is -3.35. The number of rotatable bonds is 3. The number of hydrogen-bond donors (Lipinski definition) is 1. The molecule has 0 bridgehead atoms. The topological polar surface area (TPSA) is 99.4 Å². The first kappa shape index (κ1) is 15.5. The largest absolute Gasteiger partial charge is 0.383 e. The van der Waals surface area contributed by atoms with E-state index in [1.54, 1.807) is 24.5 Å². The van der Waals surface area contributed by atoms with Gasteiger partial charge in [-0.15, -0.1) is 0 Å². The Labute approximate surface area is 143 Å². The Balaban J connectivity index is 2.24. The highest BCUT2D eigenvalue weighted by Gasteiger charge is 2.20. The lowest BCUT2D eigenvalue weighted by Crippen LogP contribution is -2.03. The smallest absolute Gasteiger partial charge is 0.143 e. The van der Waals surface area contributed by atoms with Crippen LogP contribution in [0.25, 0.3) is 11.1 Å². The third-order valence-electron chi connectivity index (χ3n) is 3.32. The summed E-state index contributed by atoms with van der Waals surface area (Å²) >= 11 is 1.34. The minimum absolute atomic E-state index is 0.105. The van der Waals surface area contributed by atoms with E-state index in [9.17, 15) is 10.5 Å². The molecule has 0 saturated heterocycles. The summed E-state index contributed by atoms with van der Waals surface area (Å²) < 4.78 is 0. The standard InChI is InChI=1S/C18H11N5S/c19-9-14-16(12-5-4-8-22-11-12)15(10-20)18(23-17(14)21)24-13-6-2-1-3-7-13/h1-8,11H,(H2,21,23). The van der Waals surface area contributed by atoms with Crippen molar-refractivity contribution in [2.75, 3.05) is 5.73 Å². The van der Waals surface area contributed by atoms with Gasteiger partial charge in [0.05, 0.1) is 5.56 Å². The van der Waals surface area contributed by atoms with E-state index < -0.39 is 0 Å². The van der Waals surface area contributed by atoms with Gasteiger partial charge in [0, 0.05) is 28.4 Å². The first-order valence-electron chi connectivity index (χ1n) is 7.01. The van der Waals surface area contributed by atoms with Crippen LogP contribution in [0.5, 0.6) is 0 Å². The molecule has 6 heteroatoms. The second kappa shape index (κ2) is 6.82. The van der Waals surface area contributed by atoms with Crippen molar-refractivity contribution in [3.8, 4) is 23.3 Å². The summed E-state index contributed by atoms with van der Waals surface area (Å²) in [5, 5.41) is 19.6. The summed E-state index contributed by atoms with van der Waals surface area (Å²) in [4.78, 5) is 9.27. The van der Waals surface area contributed by atoms with Crippen LogP contribution < -0.4 is 5.73 Å². The molecule has 0 aliphatic rings. The van der Waals surface area contributed by atoms with Crippen LogP contribution in [0, 0.1) is 22.7 Å². The summed E-state index contributed by atoms with van der Waals surface area (Å²) in [7, 11) is 0. The lowest BCUT2D eigenvalue weighted by Gasteiger charge is -2.12. The van der Waals surface area contributed by atoms with Crippen molar-refractivity contribution in [3.63, 3.8) is 0 Å². The van der Waals surface area contributed by atoms with Crippen molar-refractivity contribution in [1.82, 2.24) is 9.97 Å². The zero-order chi connectivity index (χ0) is 16.9. The van der Waals surface area contributed by atoms with E-state index in [1.165, 1.54) is 11.8 Å². The predicted molar refractivity (Wildman–Crippen MR) is 91.9 cm³/mol. The molecular weight excluding hydrogens is 318 g/mol. The molecule has 2 aromatic heterocycles. The SMILES string of the molecule is N#Cc1c(N)nc(Sc2ccccc2)c(C#N)c1-c1cccnc1. The molecule has 0 fully saturated rings. The fourth-order valence-corrected chi connectivity index (χ4v) is 3.18. The van der Waals surface area contributed by atoms with Gasteiger partial charge >= 0.3 is 0 Å². The molecule has 3 rings (SSSR count). The number of pyridine rings is 2. The van der Waals surface area contributed by atoms with Crippen molar-refractivity contribution in [2.24, 2.45) is 0 Å². The number of benzene rings is 1. The van der Waals surface area contributed by atoms with Crippen LogP contribution in [0.3, 0.4) is 0 Å². The number of hydrogen-bond acceptors (Lipinski definition) is 6. The summed E-state index contributed by atoms with van der Waals surface area (Å²) in [6.45, 7) is 0. The molecule has 0 atom stereocenters. The Morgan fingerprint density at radius 3 is 2.33 bits per heavy atom. The number of nitrogen functional groups attached to an aromatic ring is 1. The molecule has 2 heterocycles. The first-order valence-corrected chi connectivity index (χ1v) is 7.83. The maximum absolute atomic E-state index is 9.68. The third-order valence-corrected chi connectivity index (χ3v) is 4.32. The van der Waals surface area contributed by atoms with Crippen LogP contribution >= 0.6 is 11.8 Å². The van der Waals surface area contributed by atoms with Gasteiger partial charge in [-0.2, -0.15) is 10.5 Å². The molecule has 0 aliphatic heterocycles. The Morgan fingerprint density at radius 2 is 1.71 bits per heavy atom. The van der Waals surface area contributed by atoms with Crippen LogP contribution in [0.2, 0.25) is 0 Å². The van der Waals surface area contributed by atoms with Gasteiger partial charge in [0.1, 0.15) is 28.5 Å². The fraction of sp³-hybridized carbons (Fsp3) is 0. The fourth-order valence-electron chi connectivity index (χ4n) is 2.27. The predicted octanol–water partition coefficient (Wildman–Crippen LogP) is 3.62. The van der Waals surface area contributed by atoms with E-state index in [4.69, 9.17) is 5.73 Å². The van der Waals surface area contributed by atoms with E-state index >= 15 is 0 Å². The maximum Gasteiger partial charge on any atom is 0.143 e. The number of nitrogens with zero attached hydrogens (tertiary/aromatic N) is 4. The number of aromatic nitrogens is 2. The van der Waals surface area contributed by atoms with Crippen LogP contribution in [0.1, 0.15) is 11.1 Å². The lowest BCUT2D eigenvalue weighted by atomic mass is 9.98. The highest BCUT2D eigenvalue weighted by atomic mass is 32.2. The van der Waals surface area contributed by atoms with Gasteiger partial charge < -0.3 is 5.73 Å². The minimum atomic E-state index is 0.105. The highest BCUT2D eigenvalue weighted by molar-refractivity contribution is 7.99. The summed E-state index contributed by atoms with van der Waals surface area (Å²) in [5.41, 5.74) is 7.62. The number of nitriles is 2. The molecule has 114 valence electrons. The Kier molecular flexibility index (Phi) is 4.42. The van der Waals surface area contributed by atoms with E-state index in [0.717, 1.165) is 4.90 Å². The van der Waals surface area contributed by atoms with Crippen molar-refractivity contribution >= 4 is 17.6 Å². The molecule has 0 saturated carbocycles. The van der Waals surface area contributed by atoms with Gasteiger partial charge in [-0.1, -0.05) is 36.0 Å². The monoisotopic (exact) mass is 329 g/mol. The van der Waals surface area contributed by atoms with Gasteiger partial charge in [0.2, 0.25) is 0 Å². The third kappa shape index (κ3) is 2.91. The second-order valence-electron chi connectivity index (χ2n) is 4.81. The number of nitrogens with two attached hydrogens (primary N) is 1. The first-order chi connectivity index (χ1) is 11.7. The van der Waals surface area contributed by atoms with E-state index in [-0.39, 0.29) is 11.4 Å². The maximum atomic E-state index is 9.68. The average molecular weight is 329 g/mol. The molecular formula is C18H11N5S. The van der Waals surface area contributed by atoms with E-state index in [0.29, 0.717) is 21.7 Å². The number of anilines is 1. The normalized spacial score (nSPS) is 9.92. The zero-order valence-electron chi connectivity index (χ0n) is 12.5. The lowest BCUT2D eigenvalue weighted by molar-refractivity contribution is 1.11.